The average molecular weight is 768 g/mol. The lowest BCUT2D eigenvalue weighted by atomic mass is 10.2. The Morgan fingerprint density at radius 1 is 1.00 bits per heavy atom. The minimum atomic E-state index is -0.501. The maximum Gasteiger partial charge on any atom is 0.363 e. The van der Waals surface area contributed by atoms with Crippen molar-refractivity contribution in [2.24, 2.45) is 4.99 Å². The number of nitrogens with zero attached hydrogens (tertiary/aromatic N) is 1. The van der Waals surface area contributed by atoms with Crippen molar-refractivity contribution in [3.63, 3.8) is 0 Å². The van der Waals surface area contributed by atoms with Crippen molar-refractivity contribution >= 4 is 97.3 Å². The fourth-order valence-corrected chi connectivity index (χ4v) is 5.56. The summed E-state index contributed by atoms with van der Waals surface area (Å²) in [6.07, 6.45) is 1.71. The standard InChI is InChI=1S/C23H13ClI3NO3/c24-17-4-2-1-3-16(17)22-28-20(23(29)31-22)11-14-9-18(26)21(19(27)10-14)30-12-13-5-7-15(25)8-6-13/h1-11H,12H2/b20-11-. The summed E-state index contributed by atoms with van der Waals surface area (Å²) >= 11 is 13.0. The molecule has 0 amide bonds. The van der Waals surface area contributed by atoms with Gasteiger partial charge in [-0.15, -0.1) is 0 Å². The molecule has 4 nitrogen and oxygen atoms in total. The Bertz CT molecular complexity index is 1200. The summed E-state index contributed by atoms with van der Waals surface area (Å²) in [4.78, 5) is 16.7. The van der Waals surface area contributed by atoms with Gasteiger partial charge in [0.05, 0.1) is 17.7 Å². The third-order valence-electron chi connectivity index (χ3n) is 4.35. The quantitative estimate of drug-likeness (QED) is 0.159. The van der Waals surface area contributed by atoms with Crippen LogP contribution in [0.1, 0.15) is 16.7 Å². The van der Waals surface area contributed by atoms with Crippen LogP contribution in [0.2, 0.25) is 5.02 Å². The summed E-state index contributed by atoms with van der Waals surface area (Å²) in [5.41, 5.74) is 2.76. The first-order chi connectivity index (χ1) is 14.9. The summed E-state index contributed by atoms with van der Waals surface area (Å²) in [5, 5.41) is 0.481. The van der Waals surface area contributed by atoms with Crippen molar-refractivity contribution in [3.8, 4) is 5.75 Å². The fourth-order valence-electron chi connectivity index (χ4n) is 2.85. The molecule has 0 fully saturated rings. The monoisotopic (exact) mass is 767 g/mol. The Morgan fingerprint density at radius 2 is 1.68 bits per heavy atom. The molecule has 31 heavy (non-hydrogen) atoms. The molecule has 0 saturated carbocycles. The summed E-state index contributed by atoms with van der Waals surface area (Å²) in [5.74, 6) is 0.527. The zero-order valence-electron chi connectivity index (χ0n) is 15.7. The van der Waals surface area contributed by atoms with Crippen LogP contribution in [-0.4, -0.2) is 11.9 Å². The molecule has 1 heterocycles. The number of hydrogen-bond donors (Lipinski definition) is 0. The van der Waals surface area contributed by atoms with Crippen molar-refractivity contribution in [2.45, 2.75) is 6.61 Å². The number of halogens is 4. The van der Waals surface area contributed by atoms with E-state index in [9.17, 15) is 4.79 Å². The van der Waals surface area contributed by atoms with Crippen LogP contribution in [0.5, 0.6) is 5.75 Å². The number of esters is 1. The van der Waals surface area contributed by atoms with Gasteiger partial charge in [0.1, 0.15) is 12.4 Å². The minimum Gasteiger partial charge on any atom is -0.487 e. The molecule has 4 rings (SSSR count). The molecule has 1 aliphatic heterocycles. The highest BCUT2D eigenvalue weighted by atomic mass is 127. The van der Waals surface area contributed by atoms with E-state index in [0.29, 0.717) is 17.2 Å². The largest absolute Gasteiger partial charge is 0.487 e. The molecule has 156 valence electrons. The number of cyclic esters (lactones) is 1. The van der Waals surface area contributed by atoms with E-state index in [2.05, 4.69) is 97.0 Å². The lowest BCUT2D eigenvalue weighted by Crippen LogP contribution is -2.05. The van der Waals surface area contributed by atoms with Gasteiger partial charge in [-0.05, 0) is 121 Å². The van der Waals surface area contributed by atoms with E-state index >= 15 is 0 Å². The Morgan fingerprint density at radius 3 is 2.35 bits per heavy atom. The van der Waals surface area contributed by atoms with Gasteiger partial charge in [0.15, 0.2) is 5.70 Å². The van der Waals surface area contributed by atoms with Gasteiger partial charge in [-0.25, -0.2) is 9.79 Å². The first-order valence-electron chi connectivity index (χ1n) is 9.04. The SMILES string of the molecule is O=C1OC(c2ccccc2Cl)=N/C1=C\c1cc(I)c(OCc2ccc(I)cc2)c(I)c1. The van der Waals surface area contributed by atoms with Crippen LogP contribution in [0.4, 0.5) is 0 Å². The summed E-state index contributed by atoms with van der Waals surface area (Å²) in [6, 6.07) is 19.3. The molecule has 3 aromatic carbocycles. The third kappa shape index (κ3) is 5.60. The summed E-state index contributed by atoms with van der Waals surface area (Å²) < 4.78 is 14.5. The van der Waals surface area contributed by atoms with Crippen LogP contribution in [0.25, 0.3) is 6.08 Å². The van der Waals surface area contributed by atoms with Crippen LogP contribution in [0.3, 0.4) is 0 Å². The maximum absolute atomic E-state index is 12.3. The van der Waals surface area contributed by atoms with Crippen LogP contribution in [0.15, 0.2) is 71.4 Å². The number of ether oxygens (including phenoxy) is 2. The minimum absolute atomic E-state index is 0.212. The van der Waals surface area contributed by atoms with Crippen molar-refractivity contribution in [1.82, 2.24) is 0 Å². The number of carbonyl (C=O) groups is 1. The first kappa shape index (κ1) is 23.0. The van der Waals surface area contributed by atoms with Gasteiger partial charge >= 0.3 is 5.97 Å². The molecular weight excluding hydrogens is 754 g/mol. The van der Waals surface area contributed by atoms with Gasteiger partial charge in [-0.2, -0.15) is 0 Å². The van der Waals surface area contributed by atoms with Gasteiger partial charge in [0, 0.05) is 3.57 Å². The van der Waals surface area contributed by atoms with E-state index in [1.807, 2.05) is 24.3 Å². The second kappa shape index (κ2) is 10.2. The van der Waals surface area contributed by atoms with Gasteiger partial charge in [-0.1, -0.05) is 35.9 Å². The van der Waals surface area contributed by atoms with E-state index in [0.717, 1.165) is 24.0 Å². The Balaban J connectivity index is 1.56. The van der Waals surface area contributed by atoms with Crippen LogP contribution >= 0.6 is 79.4 Å². The molecule has 0 radical (unpaired) electrons. The van der Waals surface area contributed by atoms with E-state index in [4.69, 9.17) is 21.1 Å². The van der Waals surface area contributed by atoms with Crippen molar-refractivity contribution in [1.29, 1.82) is 0 Å². The van der Waals surface area contributed by atoms with E-state index < -0.39 is 5.97 Å². The van der Waals surface area contributed by atoms with Crippen molar-refractivity contribution in [3.05, 3.63) is 98.8 Å². The molecular formula is C23H13ClI3NO3. The zero-order chi connectivity index (χ0) is 22.0. The van der Waals surface area contributed by atoms with Gasteiger partial charge in [-0.3, -0.25) is 0 Å². The van der Waals surface area contributed by atoms with Gasteiger partial charge < -0.3 is 9.47 Å². The number of hydrogen-bond acceptors (Lipinski definition) is 4. The lowest BCUT2D eigenvalue weighted by molar-refractivity contribution is -0.129. The van der Waals surface area contributed by atoms with Crippen molar-refractivity contribution < 1.29 is 14.3 Å². The number of rotatable bonds is 5. The Labute approximate surface area is 225 Å². The number of aliphatic imine (C=N–C) groups is 1. The smallest absolute Gasteiger partial charge is 0.363 e. The van der Waals surface area contributed by atoms with Gasteiger partial charge in [0.25, 0.3) is 0 Å². The molecule has 3 aromatic rings. The van der Waals surface area contributed by atoms with E-state index in [1.54, 1.807) is 18.2 Å². The fraction of sp³-hybridized carbons (Fsp3) is 0.0435. The molecule has 0 aliphatic carbocycles. The topological polar surface area (TPSA) is 47.9 Å². The average Bonchev–Trinajstić information content (AvgIpc) is 3.09. The van der Waals surface area contributed by atoms with Crippen LogP contribution in [-0.2, 0) is 16.1 Å². The molecule has 0 bridgehead atoms. The van der Waals surface area contributed by atoms with E-state index in [1.165, 1.54) is 3.57 Å². The van der Waals surface area contributed by atoms with Crippen LogP contribution < -0.4 is 4.74 Å². The number of carbonyl (C=O) groups excluding carboxylic acids is 1. The lowest BCUT2D eigenvalue weighted by Gasteiger charge is -2.11. The Kier molecular flexibility index (Phi) is 7.55. The second-order valence-electron chi connectivity index (χ2n) is 6.54. The molecule has 0 spiro atoms. The van der Waals surface area contributed by atoms with E-state index in [-0.39, 0.29) is 11.6 Å². The van der Waals surface area contributed by atoms with Gasteiger partial charge in [0.2, 0.25) is 5.90 Å². The predicted molar refractivity (Wildman–Crippen MR) is 147 cm³/mol. The normalized spacial score (nSPS) is 14.5. The number of benzene rings is 3. The second-order valence-corrected chi connectivity index (χ2v) is 10.5. The third-order valence-corrected chi connectivity index (χ3v) is 7.00. The molecule has 1 aliphatic rings. The first-order valence-corrected chi connectivity index (χ1v) is 12.7. The highest BCUT2D eigenvalue weighted by molar-refractivity contribution is 14.1. The molecule has 0 atom stereocenters. The molecule has 0 saturated heterocycles. The molecule has 8 heteroatoms. The predicted octanol–water partition coefficient (Wildman–Crippen LogP) is 7.08. The molecule has 0 unspecified atom stereocenters. The van der Waals surface area contributed by atoms with Crippen LogP contribution in [0, 0.1) is 10.7 Å². The summed E-state index contributed by atoms with van der Waals surface area (Å²) in [7, 11) is 0. The Hall–Kier alpha value is -1.18. The summed E-state index contributed by atoms with van der Waals surface area (Å²) in [6.45, 7) is 0.487. The highest BCUT2D eigenvalue weighted by Gasteiger charge is 2.25. The van der Waals surface area contributed by atoms with Crippen molar-refractivity contribution in [2.75, 3.05) is 0 Å². The maximum atomic E-state index is 12.3. The highest BCUT2D eigenvalue weighted by Crippen LogP contribution is 2.31. The molecule has 0 N–H and O–H groups in total. The zero-order valence-corrected chi connectivity index (χ0v) is 23.0. The molecule has 0 aromatic heterocycles.